The summed E-state index contributed by atoms with van der Waals surface area (Å²) in [5.41, 5.74) is 0. The van der Waals surface area contributed by atoms with E-state index in [1.54, 1.807) is 6.08 Å². The maximum absolute atomic E-state index is 12.5. The van der Waals surface area contributed by atoms with Crippen LogP contribution in [0.2, 0.25) is 0 Å². The summed E-state index contributed by atoms with van der Waals surface area (Å²) in [7, 11) is -4.35. The van der Waals surface area contributed by atoms with Crippen LogP contribution in [0.1, 0.15) is 194 Å². The minimum absolute atomic E-state index is 0.286. The van der Waals surface area contributed by atoms with E-state index in [4.69, 9.17) is 0 Å². The number of hydrogen-bond donors (Lipinski definition) is 3. The number of aliphatic hydroxyl groups excluding tert-OH is 1. The summed E-state index contributed by atoms with van der Waals surface area (Å²) >= 11 is 0. The third-order valence-corrected chi connectivity index (χ3v) is 9.57. The molecule has 0 aromatic rings. The Labute approximate surface area is 291 Å². The first-order valence-corrected chi connectivity index (χ1v) is 21.3. The number of carbonyl (C=O) groups excluding carboxylic acids is 1. The zero-order valence-corrected chi connectivity index (χ0v) is 31.5. The highest BCUT2D eigenvalue weighted by molar-refractivity contribution is 7.85. The molecular weight excluding hydrogens is 607 g/mol. The minimum atomic E-state index is -4.35. The Bertz CT molecular complexity index is 883. The molecule has 0 aliphatic rings. The molecule has 0 heterocycles. The van der Waals surface area contributed by atoms with Crippen LogP contribution in [0.5, 0.6) is 0 Å². The van der Waals surface area contributed by atoms with E-state index in [0.29, 0.717) is 6.42 Å². The van der Waals surface area contributed by atoms with Gasteiger partial charge >= 0.3 is 0 Å². The van der Waals surface area contributed by atoms with E-state index in [2.05, 4.69) is 43.5 Å². The molecule has 3 N–H and O–H groups in total. The van der Waals surface area contributed by atoms with Gasteiger partial charge < -0.3 is 10.4 Å². The minimum Gasteiger partial charge on any atom is -0.387 e. The van der Waals surface area contributed by atoms with Crippen molar-refractivity contribution in [1.29, 1.82) is 0 Å². The molecular formula is C40H75NO5S. The summed E-state index contributed by atoms with van der Waals surface area (Å²) < 4.78 is 32.4. The van der Waals surface area contributed by atoms with Gasteiger partial charge in [-0.15, -0.1) is 0 Å². The van der Waals surface area contributed by atoms with Gasteiger partial charge in [-0.1, -0.05) is 166 Å². The molecule has 0 aliphatic carbocycles. The molecule has 0 aliphatic heterocycles. The van der Waals surface area contributed by atoms with Crippen LogP contribution in [0, 0.1) is 0 Å². The van der Waals surface area contributed by atoms with Gasteiger partial charge in [0, 0.05) is 6.42 Å². The Kier molecular flexibility index (Phi) is 33.4. The molecule has 1 amide bonds. The highest BCUT2D eigenvalue weighted by atomic mass is 32.2. The van der Waals surface area contributed by atoms with E-state index in [9.17, 15) is 22.9 Å². The lowest BCUT2D eigenvalue weighted by molar-refractivity contribution is -0.122. The van der Waals surface area contributed by atoms with Gasteiger partial charge in [-0.3, -0.25) is 9.35 Å². The molecule has 0 radical (unpaired) electrons. The van der Waals surface area contributed by atoms with E-state index in [0.717, 1.165) is 32.1 Å². The SMILES string of the molecule is CCCCCCCC/C=C\CCCCCCCCCCCC(=O)NC(CS(=O)(=O)O)C(O)/C=C/CC/C=C/CCCCCCCCC. The zero-order valence-electron chi connectivity index (χ0n) is 30.7. The first-order chi connectivity index (χ1) is 22.8. The van der Waals surface area contributed by atoms with Crippen molar-refractivity contribution in [1.82, 2.24) is 5.32 Å². The van der Waals surface area contributed by atoms with Gasteiger partial charge in [0.2, 0.25) is 5.91 Å². The molecule has 2 atom stereocenters. The van der Waals surface area contributed by atoms with Crippen LogP contribution in [-0.4, -0.2) is 41.9 Å². The van der Waals surface area contributed by atoms with Gasteiger partial charge in [0.05, 0.1) is 17.9 Å². The smallest absolute Gasteiger partial charge is 0.267 e. The lowest BCUT2D eigenvalue weighted by atomic mass is 10.0. The van der Waals surface area contributed by atoms with Gasteiger partial charge in [-0.2, -0.15) is 8.42 Å². The second-order valence-electron chi connectivity index (χ2n) is 13.5. The molecule has 276 valence electrons. The summed E-state index contributed by atoms with van der Waals surface area (Å²) in [6.45, 7) is 4.50. The Hall–Kier alpha value is -1.44. The van der Waals surface area contributed by atoms with Crippen molar-refractivity contribution in [2.24, 2.45) is 0 Å². The molecule has 7 heteroatoms. The van der Waals surface area contributed by atoms with E-state index >= 15 is 0 Å². The number of nitrogens with one attached hydrogen (secondary N) is 1. The van der Waals surface area contributed by atoms with Gasteiger partial charge in [0.1, 0.15) is 0 Å². The lowest BCUT2D eigenvalue weighted by Gasteiger charge is -2.21. The van der Waals surface area contributed by atoms with Gasteiger partial charge in [0.25, 0.3) is 10.1 Å². The molecule has 0 rings (SSSR count). The fraction of sp³-hybridized carbons (Fsp3) is 0.825. The van der Waals surface area contributed by atoms with Crippen LogP contribution in [0.3, 0.4) is 0 Å². The van der Waals surface area contributed by atoms with E-state index in [1.807, 2.05) is 0 Å². The van der Waals surface area contributed by atoms with Crippen LogP contribution in [0.4, 0.5) is 0 Å². The molecule has 0 bridgehead atoms. The van der Waals surface area contributed by atoms with E-state index in [-0.39, 0.29) is 12.3 Å². The Balaban J connectivity index is 3.95. The molecule has 0 saturated heterocycles. The van der Waals surface area contributed by atoms with Crippen molar-refractivity contribution < 1.29 is 22.9 Å². The fourth-order valence-corrected chi connectivity index (χ4v) is 6.55. The summed E-state index contributed by atoms with van der Waals surface area (Å²) in [4.78, 5) is 12.5. The predicted octanol–water partition coefficient (Wildman–Crippen LogP) is 11.4. The molecule has 0 fully saturated rings. The van der Waals surface area contributed by atoms with Crippen molar-refractivity contribution in [2.45, 2.75) is 206 Å². The summed E-state index contributed by atoms with van der Waals surface area (Å²) in [6, 6.07) is -1.07. The van der Waals surface area contributed by atoms with Gasteiger partial charge in [-0.05, 0) is 57.8 Å². The largest absolute Gasteiger partial charge is 0.387 e. The first kappa shape index (κ1) is 45.6. The molecule has 0 saturated carbocycles. The third-order valence-electron chi connectivity index (χ3n) is 8.79. The van der Waals surface area contributed by atoms with E-state index < -0.39 is 28.0 Å². The fourth-order valence-electron chi connectivity index (χ4n) is 5.81. The van der Waals surface area contributed by atoms with Crippen LogP contribution in [0.15, 0.2) is 36.5 Å². The standard InChI is InChI=1S/C40H75NO5S/c1-3-5-7-9-11-13-15-17-18-19-20-21-22-24-26-28-30-32-34-36-40(43)41-38(37-47(44,45)46)39(42)35-33-31-29-27-25-23-16-14-12-10-8-6-4-2/h17-18,25,27,33,35,38-39,42H,3-16,19-24,26,28-32,34,36-37H2,1-2H3,(H,41,43)(H,44,45,46)/b18-17-,27-25+,35-33+. The highest BCUT2D eigenvalue weighted by Crippen LogP contribution is 2.13. The molecule has 0 aromatic heterocycles. The molecule has 47 heavy (non-hydrogen) atoms. The second kappa shape index (κ2) is 34.4. The molecule has 2 unspecified atom stereocenters. The van der Waals surface area contributed by atoms with Crippen LogP contribution >= 0.6 is 0 Å². The summed E-state index contributed by atoms with van der Waals surface area (Å²) in [6.07, 6.45) is 44.1. The summed E-state index contributed by atoms with van der Waals surface area (Å²) in [5, 5.41) is 13.2. The zero-order chi connectivity index (χ0) is 34.7. The topological polar surface area (TPSA) is 104 Å². The van der Waals surface area contributed by atoms with Crippen LogP contribution < -0.4 is 5.32 Å². The Morgan fingerprint density at radius 2 is 0.915 bits per heavy atom. The van der Waals surface area contributed by atoms with Crippen molar-refractivity contribution in [2.75, 3.05) is 5.75 Å². The third kappa shape index (κ3) is 35.7. The highest BCUT2D eigenvalue weighted by Gasteiger charge is 2.24. The molecule has 0 aromatic carbocycles. The Morgan fingerprint density at radius 3 is 1.34 bits per heavy atom. The first-order valence-electron chi connectivity index (χ1n) is 19.7. The average Bonchev–Trinajstić information content (AvgIpc) is 3.03. The number of unbranched alkanes of at least 4 members (excludes halogenated alkanes) is 23. The average molecular weight is 682 g/mol. The van der Waals surface area contributed by atoms with Gasteiger partial charge in [-0.25, -0.2) is 0 Å². The van der Waals surface area contributed by atoms with Crippen molar-refractivity contribution in [3.05, 3.63) is 36.5 Å². The monoisotopic (exact) mass is 682 g/mol. The number of allylic oxidation sites excluding steroid dienone is 5. The maximum Gasteiger partial charge on any atom is 0.267 e. The van der Waals surface area contributed by atoms with Gasteiger partial charge in [0.15, 0.2) is 0 Å². The van der Waals surface area contributed by atoms with Crippen molar-refractivity contribution in [3.8, 4) is 0 Å². The number of amides is 1. The quantitative estimate of drug-likeness (QED) is 0.0351. The Morgan fingerprint density at radius 1 is 0.553 bits per heavy atom. The van der Waals surface area contributed by atoms with E-state index in [1.165, 1.54) is 141 Å². The second-order valence-corrected chi connectivity index (χ2v) is 15.0. The predicted molar refractivity (Wildman–Crippen MR) is 202 cm³/mol. The van der Waals surface area contributed by atoms with Crippen LogP contribution in [0.25, 0.3) is 0 Å². The number of hydrogen-bond acceptors (Lipinski definition) is 4. The van der Waals surface area contributed by atoms with Crippen molar-refractivity contribution >= 4 is 16.0 Å². The number of rotatable bonds is 35. The maximum atomic E-state index is 12.5. The molecule has 0 spiro atoms. The number of carbonyl (C=O) groups is 1. The molecule has 6 nitrogen and oxygen atoms in total. The van der Waals surface area contributed by atoms with Crippen molar-refractivity contribution in [3.63, 3.8) is 0 Å². The lowest BCUT2D eigenvalue weighted by Crippen LogP contribution is -2.46. The normalized spacial score (nSPS) is 13.7. The summed E-state index contributed by atoms with van der Waals surface area (Å²) in [5.74, 6) is -1.00. The van der Waals surface area contributed by atoms with Crippen LogP contribution in [-0.2, 0) is 14.9 Å². The number of aliphatic hydroxyl groups is 1.